The fraction of sp³-hybridized carbons (Fsp3) is 0.440. The van der Waals surface area contributed by atoms with Crippen LogP contribution in [0.2, 0.25) is 0 Å². The van der Waals surface area contributed by atoms with E-state index in [4.69, 9.17) is 15.6 Å². The number of benzene rings is 2. The lowest BCUT2D eigenvalue weighted by molar-refractivity contribution is -0.140. The first-order valence-electron chi connectivity index (χ1n) is 11.6. The Balaban J connectivity index is 0.000000226. The summed E-state index contributed by atoms with van der Waals surface area (Å²) in [6.07, 6.45) is 5.04. The maximum Gasteiger partial charge on any atom is 0.314 e. The highest BCUT2D eigenvalue weighted by Crippen LogP contribution is 2.29. The number of hydrogen-bond acceptors (Lipinski definition) is 6. The van der Waals surface area contributed by atoms with Gasteiger partial charge in [0.1, 0.15) is 5.75 Å². The molecule has 8 nitrogen and oxygen atoms in total. The van der Waals surface area contributed by atoms with Gasteiger partial charge in [0, 0.05) is 13.0 Å². The van der Waals surface area contributed by atoms with Crippen LogP contribution in [0.5, 0.6) is 5.75 Å². The van der Waals surface area contributed by atoms with E-state index in [1.54, 1.807) is 36.4 Å². The average Bonchev–Trinajstić information content (AvgIpc) is 2.84. The second-order valence-corrected chi connectivity index (χ2v) is 10.4. The largest absolute Gasteiger partial charge is 0.481 e. The first-order chi connectivity index (χ1) is 16.3. The van der Waals surface area contributed by atoms with Crippen molar-refractivity contribution >= 4 is 22.0 Å². The number of nitrogens with one attached hydrogen (secondary N) is 1. The zero-order valence-corrected chi connectivity index (χ0v) is 19.9. The summed E-state index contributed by atoms with van der Waals surface area (Å²) in [4.78, 5) is 23.1. The van der Waals surface area contributed by atoms with Crippen molar-refractivity contribution in [2.24, 2.45) is 17.6 Å². The first kappa shape index (κ1) is 25.9. The molecule has 0 bridgehead atoms. The van der Waals surface area contributed by atoms with Crippen molar-refractivity contribution in [3.05, 3.63) is 59.7 Å². The van der Waals surface area contributed by atoms with Gasteiger partial charge in [-0.05, 0) is 80.3 Å². The fourth-order valence-electron chi connectivity index (χ4n) is 4.18. The molecule has 0 saturated heterocycles. The Labute approximate surface area is 200 Å². The number of carbonyl (C=O) groups is 2. The lowest BCUT2D eigenvalue weighted by Crippen LogP contribution is -2.31. The Bertz CT molecular complexity index is 1080. The van der Waals surface area contributed by atoms with E-state index in [0.717, 1.165) is 43.2 Å². The summed E-state index contributed by atoms with van der Waals surface area (Å²) in [5, 5.41) is 8.65. The molecule has 4 rings (SSSR count). The van der Waals surface area contributed by atoms with Gasteiger partial charge in [0.15, 0.2) is 0 Å². The van der Waals surface area contributed by atoms with Crippen LogP contribution in [0.1, 0.15) is 43.2 Å². The van der Waals surface area contributed by atoms with Crippen molar-refractivity contribution in [1.82, 2.24) is 4.72 Å². The average molecular weight is 489 g/mol. The number of esters is 1. The van der Waals surface area contributed by atoms with Gasteiger partial charge in [0.2, 0.25) is 10.0 Å². The summed E-state index contributed by atoms with van der Waals surface area (Å²) in [5.41, 5.74) is 7.49. The van der Waals surface area contributed by atoms with Gasteiger partial charge in [-0.2, -0.15) is 0 Å². The summed E-state index contributed by atoms with van der Waals surface area (Å²) >= 11 is 0. The molecule has 1 heterocycles. The minimum atomic E-state index is -3.19. The summed E-state index contributed by atoms with van der Waals surface area (Å²) in [7, 11) is -3.19. The van der Waals surface area contributed by atoms with Crippen LogP contribution in [0.15, 0.2) is 53.4 Å². The molecule has 0 amide bonds. The van der Waals surface area contributed by atoms with Crippen LogP contribution in [0.4, 0.5) is 0 Å². The molecule has 9 heteroatoms. The molecule has 2 aliphatic rings. The highest BCUT2D eigenvalue weighted by Gasteiger charge is 2.27. The fourth-order valence-corrected chi connectivity index (χ4v) is 5.48. The number of fused-ring (bicyclic) bond motifs is 1. The third kappa shape index (κ3) is 7.38. The Morgan fingerprint density at radius 1 is 1.03 bits per heavy atom. The van der Waals surface area contributed by atoms with Crippen LogP contribution in [0.3, 0.4) is 0 Å². The first-order valence-corrected chi connectivity index (χ1v) is 13.1. The van der Waals surface area contributed by atoms with Gasteiger partial charge < -0.3 is 15.6 Å². The van der Waals surface area contributed by atoms with E-state index in [9.17, 15) is 18.0 Å². The summed E-state index contributed by atoms with van der Waals surface area (Å²) < 4.78 is 30.6. The minimum Gasteiger partial charge on any atom is -0.481 e. The molecular formula is C25H32N2O6S. The molecule has 1 aliphatic carbocycles. The lowest BCUT2D eigenvalue weighted by Gasteiger charge is -2.26. The van der Waals surface area contributed by atoms with Gasteiger partial charge in [-0.1, -0.05) is 30.3 Å². The maximum atomic E-state index is 12.1. The van der Waals surface area contributed by atoms with Crippen molar-refractivity contribution in [1.29, 1.82) is 0 Å². The predicted octanol–water partition coefficient (Wildman–Crippen LogP) is 2.90. The van der Waals surface area contributed by atoms with Crippen LogP contribution in [0.25, 0.3) is 0 Å². The van der Waals surface area contributed by atoms with Crippen LogP contribution in [0, 0.1) is 11.8 Å². The number of rotatable bonds is 6. The number of hydrogen-bond donors (Lipinski definition) is 3. The Morgan fingerprint density at radius 3 is 2.32 bits per heavy atom. The quantitative estimate of drug-likeness (QED) is 0.420. The molecule has 0 spiro atoms. The monoisotopic (exact) mass is 488 g/mol. The number of aliphatic carboxylic acids is 1. The number of carboxylic acid groups (broad SMARTS) is 1. The van der Waals surface area contributed by atoms with Gasteiger partial charge in [-0.25, -0.2) is 13.1 Å². The second-order valence-electron chi connectivity index (χ2n) is 8.67. The Morgan fingerprint density at radius 2 is 1.71 bits per heavy atom. The molecule has 0 unspecified atom stereocenters. The highest BCUT2D eigenvalue weighted by atomic mass is 32.2. The van der Waals surface area contributed by atoms with E-state index in [-0.39, 0.29) is 18.3 Å². The van der Waals surface area contributed by atoms with Gasteiger partial charge in [-0.3, -0.25) is 9.59 Å². The minimum absolute atomic E-state index is 0.0329. The van der Waals surface area contributed by atoms with Crippen LogP contribution in [-0.4, -0.2) is 38.6 Å². The molecule has 0 atom stereocenters. The van der Waals surface area contributed by atoms with E-state index in [0.29, 0.717) is 36.1 Å². The van der Waals surface area contributed by atoms with E-state index < -0.39 is 16.0 Å². The number of aryl methyl sites for hydroxylation is 1. The predicted molar refractivity (Wildman–Crippen MR) is 128 cm³/mol. The van der Waals surface area contributed by atoms with Crippen LogP contribution < -0.4 is 15.2 Å². The van der Waals surface area contributed by atoms with Crippen molar-refractivity contribution in [3.8, 4) is 5.75 Å². The third-order valence-electron chi connectivity index (χ3n) is 6.23. The van der Waals surface area contributed by atoms with Crippen LogP contribution >= 0.6 is 0 Å². The number of carbonyl (C=O) groups excluding carboxylic acids is 1. The van der Waals surface area contributed by atoms with Crippen molar-refractivity contribution in [2.75, 3.05) is 13.1 Å². The van der Waals surface area contributed by atoms with Gasteiger partial charge in [0.25, 0.3) is 0 Å². The van der Waals surface area contributed by atoms with Gasteiger partial charge in [0.05, 0.1) is 10.8 Å². The smallest absolute Gasteiger partial charge is 0.314 e. The summed E-state index contributed by atoms with van der Waals surface area (Å²) in [6, 6.07) is 14.1. The van der Waals surface area contributed by atoms with Crippen molar-refractivity contribution in [2.45, 2.75) is 49.8 Å². The molecule has 0 aromatic heterocycles. The molecular weight excluding hydrogens is 456 g/mol. The maximum absolute atomic E-state index is 12.1. The Kier molecular flexibility index (Phi) is 9.20. The summed E-state index contributed by atoms with van der Waals surface area (Å²) in [6.45, 7) is 1.21. The molecule has 0 radical (unpaired) electrons. The van der Waals surface area contributed by atoms with E-state index in [1.807, 2.05) is 12.1 Å². The molecule has 34 heavy (non-hydrogen) atoms. The molecule has 1 fully saturated rings. The standard InChI is InChI=1S/C17H23NO4.C8H9NO2S/c18-11-13-1-6-14(7-2-13)17(21)22-15-8-3-12(4-9-15)5-10-16(19)20;10-12(11)8-4-2-1-3-7(8)5-6-9-12/h3-4,8-9,13-14H,1-2,5-7,10-11,18H2,(H,19,20);1-4,9H,5-6H2. The molecule has 1 aliphatic heterocycles. The van der Waals surface area contributed by atoms with Crippen LogP contribution in [-0.2, 0) is 32.5 Å². The van der Waals surface area contributed by atoms with E-state index in [2.05, 4.69) is 4.72 Å². The SMILES string of the molecule is NCC1CCC(C(=O)Oc2ccc(CCC(=O)O)cc2)CC1.O=S1(=O)NCCc2ccccc21. The van der Waals surface area contributed by atoms with Crippen molar-refractivity contribution in [3.63, 3.8) is 0 Å². The molecule has 2 aromatic carbocycles. The lowest BCUT2D eigenvalue weighted by atomic mass is 9.82. The number of ether oxygens (including phenoxy) is 1. The molecule has 1 saturated carbocycles. The number of sulfonamides is 1. The zero-order chi connectivity index (χ0) is 24.6. The van der Waals surface area contributed by atoms with Gasteiger partial charge in [-0.15, -0.1) is 0 Å². The molecule has 2 aromatic rings. The molecule has 184 valence electrons. The second kappa shape index (κ2) is 12.1. The summed E-state index contributed by atoms with van der Waals surface area (Å²) in [5.74, 6) is 0.0365. The normalized spacial score (nSPS) is 20.9. The number of nitrogens with two attached hydrogens (primary N) is 1. The van der Waals surface area contributed by atoms with E-state index in [1.165, 1.54) is 0 Å². The molecule has 4 N–H and O–H groups in total. The topological polar surface area (TPSA) is 136 Å². The highest BCUT2D eigenvalue weighted by molar-refractivity contribution is 7.89. The Hall–Kier alpha value is -2.75. The van der Waals surface area contributed by atoms with Crippen molar-refractivity contribution < 1.29 is 27.9 Å². The zero-order valence-electron chi connectivity index (χ0n) is 19.1. The third-order valence-corrected chi connectivity index (χ3v) is 7.79. The number of carboxylic acids is 1. The van der Waals surface area contributed by atoms with E-state index >= 15 is 0 Å². The van der Waals surface area contributed by atoms with Gasteiger partial charge >= 0.3 is 11.9 Å².